The largest absolute Gasteiger partial charge is 0.484 e. The summed E-state index contributed by atoms with van der Waals surface area (Å²) in [5, 5.41) is 35.6. The van der Waals surface area contributed by atoms with Crippen LogP contribution in [0.3, 0.4) is 0 Å². The molecule has 3 N–H and O–H groups in total. The highest BCUT2D eigenvalue weighted by Crippen LogP contribution is 2.70. The Kier molecular flexibility index (Phi) is 17.2. The molecule has 0 bridgehead atoms. The van der Waals surface area contributed by atoms with Crippen LogP contribution in [0.15, 0.2) is 109 Å². The molecule has 2 aliphatic heterocycles. The maximum atomic E-state index is 13.7. The fourth-order valence-corrected chi connectivity index (χ4v) is 16.6. The zero-order chi connectivity index (χ0) is 59.1. The van der Waals surface area contributed by atoms with Gasteiger partial charge in [0.05, 0.1) is 37.1 Å². The average Bonchev–Trinajstić information content (AvgIpc) is 1.08. The van der Waals surface area contributed by atoms with Crippen LogP contribution in [0.25, 0.3) is 22.6 Å². The smallest absolute Gasteiger partial charge is 0.345 e. The second kappa shape index (κ2) is 23.0. The summed E-state index contributed by atoms with van der Waals surface area (Å²) in [5.74, 6) is -1.26. The van der Waals surface area contributed by atoms with Gasteiger partial charge in [-0.15, -0.1) is 35.7 Å². The summed E-state index contributed by atoms with van der Waals surface area (Å²) in [6.45, 7) is 19.7. The number of thioether (sulfide) groups is 1. The lowest BCUT2D eigenvalue weighted by atomic mass is 9.41. The Bertz CT molecular complexity index is 3360. The van der Waals surface area contributed by atoms with Crippen molar-refractivity contribution < 1.29 is 62.2 Å². The van der Waals surface area contributed by atoms with E-state index in [2.05, 4.69) is 51.5 Å². The van der Waals surface area contributed by atoms with Crippen molar-refractivity contribution in [2.24, 2.45) is 57.2 Å². The molecule has 1 aromatic carbocycles. The minimum atomic E-state index is -1.27. The molecule has 16 atom stereocenters. The zero-order valence-corrected chi connectivity index (χ0v) is 52.1. The molecule has 0 amide bonds. The van der Waals surface area contributed by atoms with E-state index in [1.807, 2.05) is 32.2 Å². The Labute approximate surface area is 505 Å². The first-order valence-electron chi connectivity index (χ1n) is 28.4. The third-order valence-electron chi connectivity index (χ3n) is 21.0. The number of aliphatic hydroxyl groups excluding tert-OH is 3. The number of hydrogen-bond acceptors (Lipinski definition) is 18. The van der Waals surface area contributed by atoms with Crippen LogP contribution in [-0.2, 0) is 23.8 Å². The summed E-state index contributed by atoms with van der Waals surface area (Å²) in [4.78, 5) is 73.5. The molecule has 4 aromatic heterocycles. The summed E-state index contributed by atoms with van der Waals surface area (Å²) in [5.41, 5.74) is -3.92. The van der Waals surface area contributed by atoms with E-state index in [-0.39, 0.29) is 107 Å². The number of pyridine rings is 2. The van der Waals surface area contributed by atoms with Crippen LogP contribution >= 0.6 is 35.7 Å². The second-order valence-electron chi connectivity index (χ2n) is 25.4. The number of benzene rings is 1. The van der Waals surface area contributed by atoms with E-state index in [4.69, 9.17) is 32.5 Å². The lowest BCUT2D eigenvalue weighted by molar-refractivity contribution is -0.257. The molecule has 446 valence electrons. The van der Waals surface area contributed by atoms with Crippen molar-refractivity contribution >= 4 is 53.6 Å². The standard InChI is InChI=1S/C36H41NO8S.C28H35NO7.HI/c1-20-13-14-34(3)27(35(20,4)19-42-21(2)38)17-28(44-32(40)22-9-11-24(46-6)12-10-22)36(5)31(34)30(39)29-26(45-36)16-25(43-33(29)41)23-8-7-15-37-18-23;1-15-8-9-26(3)20(27(15,4)14-34-16(2)30)12-21(31)28(5)24(26)23(32)22-19(36-28)11-18(35-25(22)33)17-7-6-10-29-13-17;/h7-12,15-16,18,20,27-28,30-31,39H,13-14,17,19H2,1-6H3;6-7,10-11,13,15,20-21,23-24,31-32H,8-9,12,14H2,1-5H3;1H/t20-,27?,28-,30-,31?,34-,35-,36+;15-,20?,21-,23-,24?,26-,27-,28+;/m00./s1. The molecule has 0 saturated heterocycles. The van der Waals surface area contributed by atoms with Gasteiger partial charge in [-0.25, -0.2) is 14.4 Å². The summed E-state index contributed by atoms with van der Waals surface area (Å²) in [6, 6.07) is 17.5. The van der Waals surface area contributed by atoms with Crippen LogP contribution in [0.1, 0.15) is 141 Å². The van der Waals surface area contributed by atoms with Gasteiger partial charge in [0.15, 0.2) is 0 Å². The molecular formula is C64H77IN2O15S. The highest BCUT2D eigenvalue weighted by atomic mass is 127. The van der Waals surface area contributed by atoms with Crippen LogP contribution in [0.5, 0.6) is 11.5 Å². The first-order chi connectivity index (χ1) is 38.7. The van der Waals surface area contributed by atoms with Gasteiger partial charge < -0.3 is 47.8 Å². The first kappa shape index (κ1) is 61.9. The third-order valence-corrected chi connectivity index (χ3v) is 21.7. The lowest BCUT2D eigenvalue weighted by Crippen LogP contribution is -2.70. The monoisotopic (exact) mass is 1270 g/mol. The number of ether oxygens (including phenoxy) is 5. The van der Waals surface area contributed by atoms with Gasteiger partial charge in [0, 0.05) is 89.5 Å². The van der Waals surface area contributed by atoms with Gasteiger partial charge in [-0.05, 0) is 142 Å². The van der Waals surface area contributed by atoms with E-state index in [1.54, 1.807) is 85.1 Å². The number of hydrogen-bond donors (Lipinski definition) is 3. The van der Waals surface area contributed by atoms with Gasteiger partial charge >= 0.3 is 29.2 Å². The Hall–Kier alpha value is -5.61. The van der Waals surface area contributed by atoms with E-state index >= 15 is 0 Å². The predicted octanol–water partition coefficient (Wildman–Crippen LogP) is 11.0. The normalized spacial score (nSPS) is 35.3. The number of aliphatic hydroxyl groups is 3. The van der Waals surface area contributed by atoms with Crippen LogP contribution in [0, 0.1) is 57.2 Å². The van der Waals surface area contributed by atoms with E-state index in [0.29, 0.717) is 29.5 Å². The van der Waals surface area contributed by atoms with E-state index in [0.717, 1.165) is 30.6 Å². The summed E-state index contributed by atoms with van der Waals surface area (Å²) in [7, 11) is 0. The molecule has 4 aliphatic carbocycles. The van der Waals surface area contributed by atoms with Gasteiger partial charge in [-0.2, -0.15) is 0 Å². The number of fused-ring (bicyclic) bond motifs is 8. The number of aromatic nitrogens is 2. The maximum Gasteiger partial charge on any atom is 0.345 e. The number of carbonyl (C=O) groups excluding carboxylic acids is 3. The number of halogens is 1. The fraction of sp³-hybridized carbons (Fsp3) is 0.547. The molecule has 83 heavy (non-hydrogen) atoms. The number of carbonyl (C=O) groups is 3. The molecule has 4 saturated carbocycles. The van der Waals surface area contributed by atoms with Gasteiger partial charge in [0.2, 0.25) is 0 Å². The minimum absolute atomic E-state index is 0. The molecule has 4 fully saturated rings. The van der Waals surface area contributed by atoms with E-state index in [9.17, 15) is 39.3 Å². The summed E-state index contributed by atoms with van der Waals surface area (Å²) in [6.07, 6.45) is 8.28. The minimum Gasteiger partial charge on any atom is -0.484 e. The Balaban J connectivity index is 0.000000203. The summed E-state index contributed by atoms with van der Waals surface area (Å²) < 4.78 is 42.2. The summed E-state index contributed by atoms with van der Waals surface area (Å²) >= 11 is 1.58. The van der Waals surface area contributed by atoms with E-state index < -0.39 is 86.3 Å². The Morgan fingerprint density at radius 3 is 1.54 bits per heavy atom. The van der Waals surface area contributed by atoms with Gasteiger partial charge in [0.1, 0.15) is 51.5 Å². The van der Waals surface area contributed by atoms with Crippen LogP contribution in [0.2, 0.25) is 0 Å². The van der Waals surface area contributed by atoms with Crippen LogP contribution in [-0.4, -0.2) is 86.1 Å². The van der Waals surface area contributed by atoms with Crippen LogP contribution < -0.4 is 20.7 Å². The average molecular weight is 1270 g/mol. The highest BCUT2D eigenvalue weighted by Gasteiger charge is 2.71. The number of nitrogens with zero attached hydrogens (tertiary/aromatic N) is 2. The lowest BCUT2D eigenvalue weighted by Gasteiger charge is -2.66. The second-order valence-corrected chi connectivity index (χ2v) is 26.3. The van der Waals surface area contributed by atoms with Crippen molar-refractivity contribution in [2.75, 3.05) is 19.5 Å². The van der Waals surface area contributed by atoms with Gasteiger partial charge in [-0.3, -0.25) is 19.6 Å². The highest BCUT2D eigenvalue weighted by molar-refractivity contribution is 14.0. The molecule has 0 spiro atoms. The van der Waals surface area contributed by atoms with Gasteiger partial charge in [-0.1, -0.05) is 41.5 Å². The Morgan fingerprint density at radius 1 is 0.663 bits per heavy atom. The zero-order valence-electron chi connectivity index (χ0n) is 49.0. The quantitative estimate of drug-likeness (QED) is 0.0537. The molecule has 11 rings (SSSR count). The van der Waals surface area contributed by atoms with Crippen molar-refractivity contribution in [3.8, 4) is 34.1 Å². The molecule has 19 heteroatoms. The molecule has 4 unspecified atom stereocenters. The topological polar surface area (TPSA) is 244 Å². The number of esters is 3. The van der Waals surface area contributed by atoms with Crippen LogP contribution in [0.4, 0.5) is 0 Å². The van der Waals surface area contributed by atoms with Crippen molar-refractivity contribution in [1.82, 2.24) is 9.97 Å². The molecular weight excluding hydrogens is 1200 g/mol. The van der Waals surface area contributed by atoms with Crippen molar-refractivity contribution in [3.63, 3.8) is 0 Å². The SMILES string of the molecule is CC(=O)OC[C@]1(C)C2C[C@H](O)[C@@]3(C)Oc4cc(-c5cccnc5)oc(=O)c4[C@H](O)C3[C@@]2(C)CC[C@@H]1C.CSc1ccc(C(=O)O[C@H]2CC3[C@](C)(CC[C@H](C)[C@]3(C)COC(C)=O)C3[C@@H](O)c4c(cc(-c5cccnc5)oc4=O)O[C@@]32C)cc1.I. The maximum absolute atomic E-state index is 13.7. The van der Waals surface area contributed by atoms with Crippen molar-refractivity contribution in [3.05, 3.63) is 123 Å². The molecule has 5 aromatic rings. The first-order valence-corrected chi connectivity index (χ1v) is 29.7. The van der Waals surface area contributed by atoms with Crippen molar-refractivity contribution in [2.45, 2.75) is 148 Å². The molecule has 17 nitrogen and oxygen atoms in total. The van der Waals surface area contributed by atoms with Crippen molar-refractivity contribution in [1.29, 1.82) is 0 Å². The molecule has 6 aliphatic rings. The molecule has 6 heterocycles. The number of rotatable bonds is 9. The molecule has 0 radical (unpaired) electrons. The predicted molar refractivity (Wildman–Crippen MR) is 319 cm³/mol. The Morgan fingerprint density at radius 2 is 1.11 bits per heavy atom. The fourth-order valence-electron chi connectivity index (χ4n) is 16.2. The third kappa shape index (κ3) is 10.5. The van der Waals surface area contributed by atoms with E-state index in [1.165, 1.54) is 13.8 Å². The van der Waals surface area contributed by atoms with Gasteiger partial charge in [0.25, 0.3) is 0 Å².